The quantitative estimate of drug-likeness (QED) is 0.441. The van der Waals surface area contributed by atoms with E-state index in [-0.39, 0.29) is 0 Å². The highest BCUT2D eigenvalue weighted by atomic mass is 79.9. The van der Waals surface area contributed by atoms with Crippen molar-refractivity contribution in [1.82, 2.24) is 0 Å². The fourth-order valence-electron chi connectivity index (χ4n) is 2.34. The number of hydrogen-bond acceptors (Lipinski definition) is 2. The summed E-state index contributed by atoms with van der Waals surface area (Å²) in [6.07, 6.45) is 9.13. The molecule has 0 amide bonds. The smallest absolute Gasteiger partial charge is 0.217 e. The van der Waals surface area contributed by atoms with Crippen molar-refractivity contribution in [3.63, 3.8) is 0 Å². The maximum absolute atomic E-state index is 5.72. The van der Waals surface area contributed by atoms with E-state index in [0.29, 0.717) is 5.92 Å². The van der Waals surface area contributed by atoms with Crippen molar-refractivity contribution >= 4 is 29.7 Å². The molecule has 0 N–H and O–H groups in total. The minimum atomic E-state index is 0.687. The van der Waals surface area contributed by atoms with Crippen LogP contribution in [-0.4, -0.2) is 20.4 Å². The van der Waals surface area contributed by atoms with Crippen LogP contribution >= 0.6 is 15.9 Å². The van der Waals surface area contributed by atoms with Crippen LogP contribution in [0.2, 0.25) is 6.32 Å². The summed E-state index contributed by atoms with van der Waals surface area (Å²) in [5.74, 6) is 2.19. The number of rotatable bonds is 3. The fourth-order valence-corrected chi connectivity index (χ4v) is 2.71. The average molecular weight is 282 g/mol. The molecule has 0 spiro atoms. The van der Waals surface area contributed by atoms with E-state index in [1.54, 1.807) is 0 Å². The third-order valence-corrected chi connectivity index (χ3v) is 3.87. The summed E-state index contributed by atoms with van der Waals surface area (Å²) in [5, 5.41) is 0. The highest BCUT2D eigenvalue weighted by Gasteiger charge is 2.19. The van der Waals surface area contributed by atoms with Crippen molar-refractivity contribution in [3.05, 3.63) is 10.7 Å². The van der Waals surface area contributed by atoms with Gasteiger partial charge in [-0.25, -0.2) is 4.99 Å². The van der Waals surface area contributed by atoms with Crippen LogP contribution in [0.1, 0.15) is 32.1 Å². The van der Waals surface area contributed by atoms with Gasteiger partial charge in [0.1, 0.15) is 4.61 Å². The zero-order valence-electron chi connectivity index (χ0n) is 9.49. The van der Waals surface area contributed by atoms with Crippen LogP contribution in [0.25, 0.3) is 0 Å². The lowest BCUT2D eigenvalue weighted by Gasteiger charge is -2.17. The van der Waals surface area contributed by atoms with E-state index in [4.69, 9.17) is 12.6 Å². The summed E-state index contributed by atoms with van der Waals surface area (Å²) in [7, 11) is 5.72. The molecule has 1 heterocycles. The Labute approximate surface area is 107 Å². The molecule has 0 bridgehead atoms. The number of ether oxygens (including phenoxy) is 1. The maximum Gasteiger partial charge on any atom is 0.217 e. The van der Waals surface area contributed by atoms with E-state index in [9.17, 15) is 0 Å². The van der Waals surface area contributed by atoms with Gasteiger partial charge in [0.15, 0.2) is 0 Å². The zero-order valence-corrected chi connectivity index (χ0v) is 11.1. The minimum Gasteiger partial charge on any atom is -0.477 e. The molecule has 2 atom stereocenters. The van der Waals surface area contributed by atoms with Crippen molar-refractivity contribution in [2.45, 2.75) is 38.4 Å². The first kappa shape index (κ1) is 12.2. The van der Waals surface area contributed by atoms with Gasteiger partial charge in [0.05, 0.1) is 14.5 Å². The van der Waals surface area contributed by atoms with E-state index in [2.05, 4.69) is 20.9 Å². The monoisotopic (exact) mass is 281 g/mol. The number of halogens is 1. The van der Waals surface area contributed by atoms with Gasteiger partial charge in [-0.2, -0.15) is 0 Å². The van der Waals surface area contributed by atoms with Crippen LogP contribution in [0.15, 0.2) is 15.7 Å². The molecule has 1 fully saturated rings. The summed E-state index contributed by atoms with van der Waals surface area (Å²) < 4.78 is 6.51. The predicted molar refractivity (Wildman–Crippen MR) is 71.0 cm³/mol. The highest BCUT2D eigenvalue weighted by molar-refractivity contribution is 9.11. The zero-order chi connectivity index (χ0) is 11.4. The third-order valence-electron chi connectivity index (χ3n) is 3.47. The second-order valence-corrected chi connectivity index (χ2v) is 5.52. The number of hydrogen-bond donors (Lipinski definition) is 0. The molecule has 1 aliphatic carbocycles. The lowest BCUT2D eigenvalue weighted by molar-refractivity contribution is 0.222. The van der Waals surface area contributed by atoms with Crippen LogP contribution in [-0.2, 0) is 4.74 Å². The first-order valence-electron chi connectivity index (χ1n) is 6.06. The van der Waals surface area contributed by atoms with Crippen LogP contribution < -0.4 is 0 Å². The van der Waals surface area contributed by atoms with Crippen LogP contribution in [0, 0.1) is 11.8 Å². The molecule has 2 nitrogen and oxygen atoms in total. The van der Waals surface area contributed by atoms with Gasteiger partial charge in [-0.1, -0.05) is 25.6 Å². The molecular formula is C12H17BBrNO. The van der Waals surface area contributed by atoms with Crippen LogP contribution in [0.4, 0.5) is 0 Å². The highest BCUT2D eigenvalue weighted by Crippen LogP contribution is 2.29. The van der Waals surface area contributed by atoms with Crippen molar-refractivity contribution in [2.75, 3.05) is 6.61 Å². The number of nitrogens with zero attached hydrogens (tertiary/aromatic N) is 1. The van der Waals surface area contributed by atoms with Gasteiger partial charge in [-0.3, -0.25) is 0 Å². The molecule has 1 aliphatic heterocycles. The van der Waals surface area contributed by atoms with Crippen LogP contribution in [0.3, 0.4) is 0 Å². The first-order chi connectivity index (χ1) is 7.78. The molecule has 1 saturated carbocycles. The molecule has 0 saturated heterocycles. The molecule has 2 aliphatic rings. The van der Waals surface area contributed by atoms with Gasteiger partial charge in [0, 0.05) is 6.08 Å². The van der Waals surface area contributed by atoms with E-state index in [0.717, 1.165) is 29.3 Å². The second kappa shape index (κ2) is 5.90. The molecule has 86 valence electrons. The van der Waals surface area contributed by atoms with Crippen molar-refractivity contribution in [3.8, 4) is 0 Å². The minimum absolute atomic E-state index is 0.687. The van der Waals surface area contributed by atoms with Gasteiger partial charge >= 0.3 is 0 Å². The molecule has 0 aromatic heterocycles. The summed E-state index contributed by atoms with van der Waals surface area (Å²) >= 11 is 3.28. The van der Waals surface area contributed by atoms with Crippen molar-refractivity contribution in [1.29, 1.82) is 0 Å². The predicted octanol–water partition coefficient (Wildman–Crippen LogP) is 3.43. The molecule has 2 radical (unpaired) electrons. The van der Waals surface area contributed by atoms with E-state index >= 15 is 0 Å². The third kappa shape index (κ3) is 3.37. The summed E-state index contributed by atoms with van der Waals surface area (Å²) in [4.78, 5) is 4.11. The summed E-state index contributed by atoms with van der Waals surface area (Å²) in [5.41, 5.74) is 0. The standard InChI is InChI=1S/C12H17BBrNO/c13-7-9-2-1-3-10(5-4-9)8-16-12-6-11(14)15-12/h6,9-10H,1-5,7-8H2. The molecule has 2 rings (SSSR count). The van der Waals surface area contributed by atoms with Crippen molar-refractivity contribution in [2.24, 2.45) is 16.8 Å². The van der Waals surface area contributed by atoms with Gasteiger partial charge < -0.3 is 4.74 Å². The largest absolute Gasteiger partial charge is 0.477 e. The molecule has 0 aromatic carbocycles. The Kier molecular flexibility index (Phi) is 4.50. The second-order valence-electron chi connectivity index (χ2n) is 4.70. The van der Waals surface area contributed by atoms with E-state index in [1.807, 2.05) is 6.08 Å². The maximum atomic E-state index is 5.72. The normalized spacial score (nSPS) is 29.8. The van der Waals surface area contributed by atoms with Gasteiger partial charge in [-0.05, 0) is 40.6 Å². The summed E-state index contributed by atoms with van der Waals surface area (Å²) in [6, 6.07) is 0. The topological polar surface area (TPSA) is 21.6 Å². The first-order valence-corrected chi connectivity index (χ1v) is 6.86. The lowest BCUT2D eigenvalue weighted by atomic mass is 9.86. The molecule has 4 heteroatoms. The van der Waals surface area contributed by atoms with Gasteiger partial charge in [0.25, 0.3) is 0 Å². The fraction of sp³-hybridized carbons (Fsp3) is 0.750. The Morgan fingerprint density at radius 3 is 2.69 bits per heavy atom. The van der Waals surface area contributed by atoms with Gasteiger partial charge in [0.2, 0.25) is 5.90 Å². The van der Waals surface area contributed by atoms with E-state index in [1.165, 1.54) is 32.1 Å². The molecular weight excluding hydrogens is 265 g/mol. The summed E-state index contributed by atoms with van der Waals surface area (Å²) in [6.45, 7) is 0.812. The molecule has 2 unspecified atom stereocenters. The number of aliphatic imine (C=N–C) groups is 1. The van der Waals surface area contributed by atoms with E-state index < -0.39 is 0 Å². The Hall–Kier alpha value is -0.245. The Morgan fingerprint density at radius 1 is 1.31 bits per heavy atom. The Bertz CT molecular complexity index is 303. The Morgan fingerprint density at radius 2 is 2.00 bits per heavy atom. The molecule has 0 aromatic rings. The average Bonchev–Trinajstić information content (AvgIpc) is 2.47. The molecule has 16 heavy (non-hydrogen) atoms. The lowest BCUT2D eigenvalue weighted by Crippen LogP contribution is -2.15. The SMILES string of the molecule is [B]CC1CCCC(COC2=NC(Br)=C2)CC1. The van der Waals surface area contributed by atoms with Crippen molar-refractivity contribution < 1.29 is 4.74 Å². The van der Waals surface area contributed by atoms with Gasteiger partial charge in [-0.15, -0.1) is 0 Å². The van der Waals surface area contributed by atoms with Crippen LogP contribution in [0.5, 0.6) is 0 Å². The Balaban J connectivity index is 1.68.